The van der Waals surface area contributed by atoms with Crippen molar-refractivity contribution < 1.29 is 41.4 Å². The third kappa shape index (κ3) is 9.41. The molecule has 202 valence electrons. The molecule has 2 amide bonds. The predicted molar refractivity (Wildman–Crippen MR) is 123 cm³/mol. The van der Waals surface area contributed by atoms with Gasteiger partial charge in [-0.2, -0.15) is 22.0 Å². The minimum atomic E-state index is -4.82. The van der Waals surface area contributed by atoms with E-state index in [1.165, 1.54) is 0 Å². The number of hydrogen-bond donors (Lipinski definition) is 5. The Labute approximate surface area is 205 Å². The summed E-state index contributed by atoms with van der Waals surface area (Å²) < 4.78 is 69.0. The highest BCUT2D eigenvalue weighted by Gasteiger charge is 2.55. The van der Waals surface area contributed by atoms with E-state index >= 15 is 0 Å². The predicted octanol–water partition coefficient (Wildman–Crippen LogP) is 2.16. The average Bonchev–Trinajstić information content (AvgIpc) is 2.81. The topological polar surface area (TPSA) is 138 Å². The van der Waals surface area contributed by atoms with Crippen molar-refractivity contribution in [3.63, 3.8) is 0 Å². The molecule has 0 aromatic heterocycles. The van der Waals surface area contributed by atoms with E-state index < -0.39 is 42.3 Å². The number of ether oxygens (including phenoxy) is 1. The standard InChI is InChI=1S/C22H30F5N5O4/c1-21(2,22(25,26)27)17(32-20(35)36-3)18(34)30-12-16(33)11-29-9-13-4-6-14(7-5-13)15(8-28)10-31-19(23)24/h4-8,10,16-17,19,29,33H,9,11-12,28H2,1-3H3,(H,30,34)(H,32,35)/t16-,17?/m0/s1. The molecule has 36 heavy (non-hydrogen) atoms. The first-order valence-corrected chi connectivity index (χ1v) is 10.6. The van der Waals surface area contributed by atoms with Crippen molar-refractivity contribution in [2.24, 2.45) is 16.1 Å². The first-order chi connectivity index (χ1) is 16.7. The van der Waals surface area contributed by atoms with Gasteiger partial charge in [0.15, 0.2) is 0 Å². The highest BCUT2D eigenvalue weighted by molar-refractivity contribution is 6.09. The van der Waals surface area contributed by atoms with E-state index in [0.717, 1.165) is 38.9 Å². The van der Waals surface area contributed by atoms with E-state index in [1.807, 2.05) is 5.32 Å². The van der Waals surface area contributed by atoms with Crippen molar-refractivity contribution in [3.05, 3.63) is 41.6 Å². The van der Waals surface area contributed by atoms with E-state index in [2.05, 4.69) is 20.4 Å². The molecular weight excluding hydrogens is 493 g/mol. The zero-order chi connectivity index (χ0) is 27.5. The van der Waals surface area contributed by atoms with Crippen LogP contribution in [-0.2, 0) is 16.1 Å². The monoisotopic (exact) mass is 523 g/mol. The van der Waals surface area contributed by atoms with Gasteiger partial charge in [-0.15, -0.1) is 0 Å². The Kier molecular flexibility index (Phi) is 11.7. The number of alkyl carbamates (subject to hydrolysis) is 1. The molecule has 0 aliphatic carbocycles. The van der Waals surface area contributed by atoms with Crippen LogP contribution >= 0.6 is 0 Å². The maximum Gasteiger partial charge on any atom is 0.407 e. The summed E-state index contributed by atoms with van der Waals surface area (Å²) in [6.07, 6.45) is -5.08. The third-order valence-electron chi connectivity index (χ3n) is 5.18. The number of aliphatic hydroxyl groups is 1. The van der Waals surface area contributed by atoms with Gasteiger partial charge in [0.1, 0.15) is 6.04 Å². The molecule has 0 saturated carbocycles. The van der Waals surface area contributed by atoms with E-state index in [1.54, 1.807) is 24.3 Å². The van der Waals surface area contributed by atoms with Gasteiger partial charge in [0.2, 0.25) is 5.91 Å². The lowest BCUT2D eigenvalue weighted by Crippen LogP contribution is -2.60. The number of aliphatic hydroxyl groups excluding tert-OH is 1. The largest absolute Gasteiger partial charge is 0.453 e. The van der Waals surface area contributed by atoms with Gasteiger partial charge in [-0.3, -0.25) is 4.79 Å². The second kappa shape index (κ2) is 13.7. The smallest absolute Gasteiger partial charge is 0.407 e. The Hall–Kier alpha value is -3.26. The Morgan fingerprint density at radius 3 is 2.28 bits per heavy atom. The lowest BCUT2D eigenvalue weighted by Gasteiger charge is -2.35. The lowest BCUT2D eigenvalue weighted by atomic mass is 9.83. The van der Waals surface area contributed by atoms with Crippen molar-refractivity contribution in [2.45, 2.75) is 45.3 Å². The minimum absolute atomic E-state index is 0.0191. The quantitative estimate of drug-likeness (QED) is 0.162. The van der Waals surface area contributed by atoms with Crippen LogP contribution < -0.4 is 21.7 Å². The van der Waals surface area contributed by atoms with Gasteiger partial charge in [0, 0.05) is 37.6 Å². The number of amides is 2. The van der Waals surface area contributed by atoms with Crippen molar-refractivity contribution in [3.8, 4) is 0 Å². The molecule has 0 fully saturated rings. The number of benzene rings is 1. The van der Waals surface area contributed by atoms with Crippen LogP contribution in [0.15, 0.2) is 35.5 Å². The second-order valence-electron chi connectivity index (χ2n) is 8.19. The Morgan fingerprint density at radius 1 is 1.17 bits per heavy atom. The lowest BCUT2D eigenvalue weighted by molar-refractivity contribution is -0.220. The zero-order valence-corrected chi connectivity index (χ0v) is 19.9. The van der Waals surface area contributed by atoms with Gasteiger partial charge in [0.05, 0.1) is 18.6 Å². The van der Waals surface area contributed by atoms with Crippen molar-refractivity contribution in [1.82, 2.24) is 16.0 Å². The fourth-order valence-electron chi connectivity index (χ4n) is 2.86. The number of methoxy groups -OCH3 is 1. The van der Waals surface area contributed by atoms with Crippen molar-refractivity contribution in [2.75, 3.05) is 20.2 Å². The number of aliphatic imine (C=N–C) groups is 1. The maximum absolute atomic E-state index is 13.4. The number of nitrogens with two attached hydrogens (primary N) is 1. The van der Waals surface area contributed by atoms with Crippen LogP contribution in [0.5, 0.6) is 0 Å². The van der Waals surface area contributed by atoms with Crippen LogP contribution in [0.25, 0.3) is 5.57 Å². The Bertz CT molecular complexity index is 920. The van der Waals surface area contributed by atoms with Gasteiger partial charge in [-0.05, 0) is 25.0 Å². The fourth-order valence-corrected chi connectivity index (χ4v) is 2.86. The second-order valence-corrected chi connectivity index (χ2v) is 8.19. The molecule has 0 aliphatic heterocycles. The van der Waals surface area contributed by atoms with Crippen LogP contribution in [0.4, 0.5) is 26.7 Å². The number of halogens is 5. The number of allylic oxidation sites excluding steroid dienone is 1. The number of rotatable bonds is 12. The first-order valence-electron chi connectivity index (χ1n) is 10.6. The van der Waals surface area contributed by atoms with Crippen LogP contribution in [-0.4, -0.2) is 68.4 Å². The van der Waals surface area contributed by atoms with Crippen LogP contribution in [0.3, 0.4) is 0 Å². The summed E-state index contributed by atoms with van der Waals surface area (Å²) in [5.74, 6) is -1.14. The maximum atomic E-state index is 13.4. The highest BCUT2D eigenvalue weighted by Crippen LogP contribution is 2.40. The summed E-state index contributed by atoms with van der Waals surface area (Å²) in [5, 5.41) is 17.1. The van der Waals surface area contributed by atoms with Gasteiger partial charge >= 0.3 is 18.8 Å². The van der Waals surface area contributed by atoms with Crippen molar-refractivity contribution in [1.29, 1.82) is 0 Å². The van der Waals surface area contributed by atoms with Gasteiger partial charge in [0.25, 0.3) is 0 Å². The molecule has 0 heterocycles. The normalized spacial score (nSPS) is 14.6. The number of nitrogens with zero attached hydrogens (tertiary/aromatic N) is 1. The molecule has 0 spiro atoms. The average molecular weight is 524 g/mol. The number of carbonyl (C=O) groups excluding carboxylic acids is 2. The van der Waals surface area contributed by atoms with Gasteiger partial charge in [-0.25, -0.2) is 9.79 Å². The molecule has 1 aromatic rings. The summed E-state index contributed by atoms with van der Waals surface area (Å²) in [4.78, 5) is 26.9. The van der Waals surface area contributed by atoms with Crippen LogP contribution in [0, 0.1) is 5.41 Å². The molecule has 9 nitrogen and oxygen atoms in total. The van der Waals surface area contributed by atoms with E-state index in [-0.39, 0.29) is 19.6 Å². The molecule has 1 aromatic carbocycles. The van der Waals surface area contributed by atoms with Crippen molar-refractivity contribution >= 4 is 23.8 Å². The summed E-state index contributed by atoms with van der Waals surface area (Å²) in [6.45, 7) is -1.46. The summed E-state index contributed by atoms with van der Waals surface area (Å²) in [6, 6.07) is 4.67. The zero-order valence-electron chi connectivity index (χ0n) is 19.9. The number of carbonyl (C=O) groups is 2. The molecule has 6 N–H and O–H groups in total. The summed E-state index contributed by atoms with van der Waals surface area (Å²) in [5.41, 5.74) is 4.45. The number of alkyl halides is 5. The molecule has 0 aliphatic rings. The number of nitrogens with one attached hydrogen (secondary N) is 3. The third-order valence-corrected chi connectivity index (χ3v) is 5.18. The number of hydrogen-bond acceptors (Lipinski definition) is 7. The molecule has 0 radical (unpaired) electrons. The van der Waals surface area contributed by atoms with Gasteiger partial charge < -0.3 is 31.5 Å². The first kappa shape index (κ1) is 30.8. The molecule has 1 unspecified atom stereocenters. The van der Waals surface area contributed by atoms with Gasteiger partial charge in [-0.1, -0.05) is 24.3 Å². The highest BCUT2D eigenvalue weighted by atomic mass is 19.4. The SMILES string of the molecule is COC(=O)NC(C(=O)NC[C@@H](O)CNCc1ccc(C(C=NC(F)F)=CN)cc1)C(C)(C)C(F)(F)F. The fraction of sp³-hybridized carbons (Fsp3) is 0.500. The van der Waals surface area contributed by atoms with Crippen LogP contribution in [0.1, 0.15) is 25.0 Å². The Balaban J connectivity index is 2.63. The van der Waals surface area contributed by atoms with E-state index in [0.29, 0.717) is 11.1 Å². The molecule has 1 rings (SSSR count). The molecule has 0 saturated heterocycles. The minimum Gasteiger partial charge on any atom is -0.453 e. The molecular formula is C22H30F5N5O4. The van der Waals surface area contributed by atoms with E-state index in [4.69, 9.17) is 5.73 Å². The Morgan fingerprint density at radius 2 is 1.78 bits per heavy atom. The molecule has 14 heteroatoms. The summed E-state index contributed by atoms with van der Waals surface area (Å²) >= 11 is 0. The summed E-state index contributed by atoms with van der Waals surface area (Å²) in [7, 11) is 0.948. The molecule has 2 atom stereocenters. The van der Waals surface area contributed by atoms with Crippen LogP contribution in [0.2, 0.25) is 0 Å². The van der Waals surface area contributed by atoms with E-state index in [9.17, 15) is 36.6 Å². The molecule has 0 bridgehead atoms.